The number of hydrogen-bond acceptors (Lipinski definition) is 3. The summed E-state index contributed by atoms with van der Waals surface area (Å²) in [7, 11) is 1.97. The van der Waals surface area contributed by atoms with Crippen LogP contribution in [0.4, 0.5) is 0 Å². The maximum atomic E-state index is 6.42. The molecular formula is C14H22BrN5. The van der Waals surface area contributed by atoms with Crippen LogP contribution >= 0.6 is 15.9 Å². The van der Waals surface area contributed by atoms with Crippen molar-refractivity contribution >= 4 is 15.9 Å². The van der Waals surface area contributed by atoms with Gasteiger partial charge in [0.05, 0.1) is 28.1 Å². The highest BCUT2D eigenvalue weighted by atomic mass is 79.9. The molecule has 2 aromatic heterocycles. The predicted molar refractivity (Wildman–Crippen MR) is 83.5 cm³/mol. The average molecular weight is 340 g/mol. The molecule has 110 valence electrons. The summed E-state index contributed by atoms with van der Waals surface area (Å²) >= 11 is 3.56. The third-order valence-electron chi connectivity index (χ3n) is 3.70. The lowest BCUT2D eigenvalue weighted by Gasteiger charge is -2.15. The lowest BCUT2D eigenvalue weighted by Crippen LogP contribution is -2.19. The maximum Gasteiger partial charge on any atom is 0.0696 e. The fourth-order valence-electron chi connectivity index (χ4n) is 2.56. The van der Waals surface area contributed by atoms with Gasteiger partial charge in [-0.1, -0.05) is 6.92 Å². The number of hydrogen-bond donors (Lipinski definition) is 1. The summed E-state index contributed by atoms with van der Waals surface area (Å²) in [6.07, 6.45) is 3.64. The zero-order valence-electron chi connectivity index (χ0n) is 12.5. The molecule has 6 heteroatoms. The van der Waals surface area contributed by atoms with E-state index in [1.54, 1.807) is 0 Å². The Labute approximate surface area is 128 Å². The largest absolute Gasteiger partial charge is 0.322 e. The second kappa shape index (κ2) is 6.10. The van der Waals surface area contributed by atoms with E-state index in [2.05, 4.69) is 40.0 Å². The van der Waals surface area contributed by atoms with Crippen molar-refractivity contribution in [3.05, 3.63) is 33.3 Å². The molecule has 0 aliphatic heterocycles. The first-order chi connectivity index (χ1) is 9.45. The van der Waals surface area contributed by atoms with Crippen LogP contribution in [-0.2, 0) is 20.0 Å². The molecular weight excluding hydrogens is 318 g/mol. The van der Waals surface area contributed by atoms with E-state index in [9.17, 15) is 0 Å². The molecule has 1 atom stereocenters. The predicted octanol–water partition coefficient (Wildman–Crippen LogP) is 2.65. The van der Waals surface area contributed by atoms with E-state index in [0.29, 0.717) is 0 Å². The normalized spacial score (nSPS) is 12.9. The van der Waals surface area contributed by atoms with Crippen molar-refractivity contribution in [1.82, 2.24) is 19.6 Å². The third-order valence-corrected chi connectivity index (χ3v) is 4.31. The van der Waals surface area contributed by atoms with Gasteiger partial charge in [0.2, 0.25) is 0 Å². The minimum Gasteiger partial charge on any atom is -0.322 e. The molecule has 1 unspecified atom stereocenters. The average Bonchev–Trinajstić information content (AvgIpc) is 2.86. The van der Waals surface area contributed by atoms with Crippen LogP contribution in [0.5, 0.6) is 0 Å². The summed E-state index contributed by atoms with van der Waals surface area (Å²) in [5, 5.41) is 8.84. The van der Waals surface area contributed by atoms with Crippen LogP contribution in [0, 0.1) is 13.8 Å². The van der Waals surface area contributed by atoms with E-state index in [1.807, 2.05) is 29.5 Å². The Morgan fingerprint density at radius 1 is 1.40 bits per heavy atom. The molecule has 0 aliphatic carbocycles. The Morgan fingerprint density at radius 2 is 2.10 bits per heavy atom. The van der Waals surface area contributed by atoms with Crippen LogP contribution in [0.1, 0.15) is 42.0 Å². The smallest absolute Gasteiger partial charge is 0.0696 e. The van der Waals surface area contributed by atoms with Crippen molar-refractivity contribution in [2.24, 2.45) is 12.8 Å². The Balaban J connectivity index is 2.28. The molecule has 5 nitrogen and oxygen atoms in total. The van der Waals surface area contributed by atoms with Gasteiger partial charge in [-0.15, -0.1) is 0 Å². The van der Waals surface area contributed by atoms with Gasteiger partial charge in [-0.3, -0.25) is 9.36 Å². The third kappa shape index (κ3) is 2.81. The molecule has 0 aromatic carbocycles. The van der Waals surface area contributed by atoms with Gasteiger partial charge in [0, 0.05) is 19.3 Å². The van der Waals surface area contributed by atoms with Gasteiger partial charge in [0.15, 0.2) is 0 Å². The first kappa shape index (κ1) is 15.3. The molecule has 0 bridgehead atoms. The number of rotatable bonds is 5. The van der Waals surface area contributed by atoms with Crippen LogP contribution in [0.15, 0.2) is 10.7 Å². The quantitative estimate of drug-likeness (QED) is 0.910. The van der Waals surface area contributed by atoms with Crippen LogP contribution in [-0.4, -0.2) is 19.6 Å². The first-order valence-electron chi connectivity index (χ1n) is 6.91. The van der Waals surface area contributed by atoms with Gasteiger partial charge in [-0.05, 0) is 48.2 Å². The summed E-state index contributed by atoms with van der Waals surface area (Å²) in [5.41, 5.74) is 10.9. The van der Waals surface area contributed by atoms with Gasteiger partial charge in [0.25, 0.3) is 0 Å². The number of nitrogens with zero attached hydrogens (tertiary/aromatic N) is 4. The van der Waals surface area contributed by atoms with Crippen molar-refractivity contribution in [1.29, 1.82) is 0 Å². The highest BCUT2D eigenvalue weighted by molar-refractivity contribution is 9.10. The zero-order valence-corrected chi connectivity index (χ0v) is 14.1. The van der Waals surface area contributed by atoms with Crippen molar-refractivity contribution in [2.75, 3.05) is 0 Å². The van der Waals surface area contributed by atoms with Gasteiger partial charge < -0.3 is 5.73 Å². The first-order valence-corrected chi connectivity index (χ1v) is 7.70. The summed E-state index contributed by atoms with van der Waals surface area (Å²) in [6.45, 7) is 7.15. The summed E-state index contributed by atoms with van der Waals surface area (Å²) < 4.78 is 4.89. The molecule has 20 heavy (non-hydrogen) atoms. The van der Waals surface area contributed by atoms with Crippen molar-refractivity contribution in [3.63, 3.8) is 0 Å². The molecule has 0 aliphatic rings. The van der Waals surface area contributed by atoms with Crippen LogP contribution < -0.4 is 5.73 Å². The SMILES string of the molecule is CCCn1ncc(Br)c1C(N)Cc1c(C)nn(C)c1C. The molecule has 2 rings (SSSR count). The van der Waals surface area contributed by atoms with Crippen molar-refractivity contribution in [3.8, 4) is 0 Å². The Morgan fingerprint density at radius 3 is 2.65 bits per heavy atom. The van der Waals surface area contributed by atoms with E-state index in [-0.39, 0.29) is 6.04 Å². The van der Waals surface area contributed by atoms with Gasteiger partial charge in [0.1, 0.15) is 0 Å². The van der Waals surface area contributed by atoms with E-state index in [4.69, 9.17) is 5.73 Å². The Hall–Kier alpha value is -1.14. The molecule has 0 spiro atoms. The number of halogens is 1. The molecule has 0 fully saturated rings. The monoisotopic (exact) mass is 339 g/mol. The number of nitrogens with two attached hydrogens (primary N) is 1. The van der Waals surface area contributed by atoms with Crippen molar-refractivity contribution in [2.45, 2.75) is 46.2 Å². The second-order valence-electron chi connectivity index (χ2n) is 5.18. The van der Waals surface area contributed by atoms with Gasteiger partial charge in [-0.25, -0.2) is 0 Å². The second-order valence-corrected chi connectivity index (χ2v) is 6.04. The number of aromatic nitrogens is 4. The molecule has 2 aromatic rings. The van der Waals surface area contributed by atoms with Crippen LogP contribution in [0.2, 0.25) is 0 Å². The molecule has 2 N–H and O–H groups in total. The van der Waals surface area contributed by atoms with Gasteiger partial charge >= 0.3 is 0 Å². The van der Waals surface area contributed by atoms with Crippen molar-refractivity contribution < 1.29 is 0 Å². The lowest BCUT2D eigenvalue weighted by atomic mass is 10.0. The molecule has 0 radical (unpaired) electrons. The number of aryl methyl sites for hydroxylation is 3. The molecule has 0 saturated heterocycles. The van der Waals surface area contributed by atoms with E-state index >= 15 is 0 Å². The molecule has 2 heterocycles. The van der Waals surface area contributed by atoms with Crippen LogP contribution in [0.25, 0.3) is 0 Å². The minimum atomic E-state index is -0.0833. The zero-order chi connectivity index (χ0) is 14.9. The summed E-state index contributed by atoms with van der Waals surface area (Å²) in [5.74, 6) is 0. The fourth-order valence-corrected chi connectivity index (χ4v) is 3.15. The minimum absolute atomic E-state index is 0.0833. The van der Waals surface area contributed by atoms with Gasteiger partial charge in [-0.2, -0.15) is 10.2 Å². The molecule has 0 saturated carbocycles. The maximum absolute atomic E-state index is 6.42. The van der Waals surface area contributed by atoms with E-state index < -0.39 is 0 Å². The van der Waals surface area contributed by atoms with Crippen LogP contribution in [0.3, 0.4) is 0 Å². The Kier molecular flexibility index (Phi) is 4.65. The highest BCUT2D eigenvalue weighted by Gasteiger charge is 2.20. The standard InChI is InChI=1S/C14H22BrN5/c1-5-6-20-14(12(15)8-17-20)13(16)7-11-9(2)18-19(4)10(11)3/h8,13H,5-7,16H2,1-4H3. The Bertz CT molecular complexity index is 599. The molecule has 0 amide bonds. The van der Waals surface area contributed by atoms with E-state index in [1.165, 1.54) is 11.3 Å². The van der Waals surface area contributed by atoms with E-state index in [0.717, 1.165) is 35.2 Å². The lowest BCUT2D eigenvalue weighted by molar-refractivity contribution is 0.535. The highest BCUT2D eigenvalue weighted by Crippen LogP contribution is 2.26. The topological polar surface area (TPSA) is 61.7 Å². The fraction of sp³-hybridized carbons (Fsp3) is 0.571. The summed E-state index contributed by atoms with van der Waals surface area (Å²) in [4.78, 5) is 0. The summed E-state index contributed by atoms with van der Waals surface area (Å²) in [6, 6.07) is -0.0833.